The van der Waals surface area contributed by atoms with Gasteiger partial charge in [0.25, 0.3) is 0 Å². The molecule has 0 aliphatic rings. The average molecular weight is 281 g/mol. The Morgan fingerprint density at radius 1 is 1.47 bits per heavy atom. The molecule has 2 aromatic rings. The van der Waals surface area contributed by atoms with E-state index < -0.39 is 5.41 Å². The molecule has 2 rings (SSSR count). The third kappa shape index (κ3) is 1.77. The first-order valence-electron chi connectivity index (χ1n) is 4.51. The molecule has 0 bridgehead atoms. The highest BCUT2D eigenvalue weighted by Crippen LogP contribution is 2.34. The Kier molecular flexibility index (Phi) is 2.53. The highest BCUT2D eigenvalue weighted by Gasteiger charge is 2.24. The normalized spacial score (nSPS) is 11.6. The maximum absolute atomic E-state index is 9.05. The van der Waals surface area contributed by atoms with E-state index in [9.17, 15) is 0 Å². The molecule has 1 aromatic heterocycles. The molecule has 76 valence electrons. The molecular weight excluding hydrogens is 272 g/mol. The van der Waals surface area contributed by atoms with Gasteiger partial charge >= 0.3 is 0 Å². The highest BCUT2D eigenvalue weighted by atomic mass is 79.9. The smallest absolute Gasteiger partial charge is 0.114 e. The Balaban J connectivity index is 2.68. The van der Waals surface area contributed by atoms with E-state index >= 15 is 0 Å². The van der Waals surface area contributed by atoms with E-state index in [0.29, 0.717) is 0 Å². The minimum Gasteiger partial charge on any atom is -0.239 e. The fourth-order valence-electron chi connectivity index (χ4n) is 1.23. The van der Waals surface area contributed by atoms with Gasteiger partial charge in [0.2, 0.25) is 0 Å². The topological polar surface area (TPSA) is 36.7 Å². The molecule has 0 radical (unpaired) electrons. The number of hydrogen-bond donors (Lipinski definition) is 0. The van der Waals surface area contributed by atoms with Gasteiger partial charge in [0.1, 0.15) is 10.4 Å². The van der Waals surface area contributed by atoms with Crippen molar-refractivity contribution in [3.63, 3.8) is 0 Å². The fourth-order valence-corrected chi connectivity index (χ4v) is 2.85. The molecule has 4 heteroatoms. The van der Waals surface area contributed by atoms with Crippen molar-refractivity contribution in [2.24, 2.45) is 0 Å². The molecule has 2 nitrogen and oxygen atoms in total. The van der Waals surface area contributed by atoms with Crippen LogP contribution in [0.15, 0.2) is 22.7 Å². The average Bonchev–Trinajstić information content (AvgIpc) is 2.64. The first kappa shape index (κ1) is 10.6. The summed E-state index contributed by atoms with van der Waals surface area (Å²) in [6.45, 7) is 3.78. The Labute approximate surface area is 101 Å². The van der Waals surface area contributed by atoms with Gasteiger partial charge in [-0.1, -0.05) is 6.07 Å². The lowest BCUT2D eigenvalue weighted by Gasteiger charge is -2.09. The summed E-state index contributed by atoms with van der Waals surface area (Å²) in [6.07, 6.45) is 0. The van der Waals surface area contributed by atoms with Crippen LogP contribution >= 0.6 is 27.3 Å². The monoisotopic (exact) mass is 280 g/mol. The number of nitriles is 1. The second-order valence-corrected chi connectivity index (χ2v) is 5.70. The number of rotatable bonds is 1. The van der Waals surface area contributed by atoms with Crippen LogP contribution in [0.5, 0.6) is 0 Å². The zero-order chi connectivity index (χ0) is 11.1. The fraction of sp³-hybridized carbons (Fsp3) is 0.273. The van der Waals surface area contributed by atoms with Crippen molar-refractivity contribution < 1.29 is 0 Å². The van der Waals surface area contributed by atoms with Gasteiger partial charge < -0.3 is 0 Å². The maximum atomic E-state index is 9.05. The van der Waals surface area contributed by atoms with Gasteiger partial charge in [-0.05, 0) is 41.9 Å². The summed E-state index contributed by atoms with van der Waals surface area (Å²) in [5, 5.41) is 9.91. The van der Waals surface area contributed by atoms with E-state index in [-0.39, 0.29) is 0 Å². The third-order valence-corrected chi connectivity index (χ3v) is 4.53. The van der Waals surface area contributed by atoms with Gasteiger partial charge in [-0.25, -0.2) is 4.98 Å². The molecule has 0 atom stereocenters. The van der Waals surface area contributed by atoms with Crippen LogP contribution in [0.4, 0.5) is 0 Å². The first-order chi connectivity index (χ1) is 7.04. The van der Waals surface area contributed by atoms with E-state index in [1.54, 1.807) is 11.3 Å². The van der Waals surface area contributed by atoms with Crippen molar-refractivity contribution in [3.05, 3.63) is 27.7 Å². The van der Waals surface area contributed by atoms with Gasteiger partial charge in [0.15, 0.2) is 0 Å². The Bertz CT molecular complexity index is 551. The lowest BCUT2D eigenvalue weighted by molar-refractivity contribution is 0.682. The van der Waals surface area contributed by atoms with Crippen LogP contribution in [0.2, 0.25) is 0 Å². The first-order valence-corrected chi connectivity index (χ1v) is 6.12. The van der Waals surface area contributed by atoms with E-state index in [1.807, 2.05) is 32.0 Å². The molecule has 15 heavy (non-hydrogen) atoms. The molecule has 0 spiro atoms. The number of fused-ring (bicyclic) bond motifs is 1. The number of thiazole rings is 1. The van der Waals surface area contributed by atoms with Crippen LogP contribution in [0.1, 0.15) is 18.9 Å². The largest absolute Gasteiger partial charge is 0.239 e. The Morgan fingerprint density at radius 3 is 2.80 bits per heavy atom. The molecule has 1 heterocycles. The van der Waals surface area contributed by atoms with Gasteiger partial charge in [0, 0.05) is 4.47 Å². The van der Waals surface area contributed by atoms with Crippen molar-refractivity contribution in [2.45, 2.75) is 19.3 Å². The number of nitrogens with zero attached hydrogens (tertiary/aromatic N) is 2. The predicted octanol–water partition coefficient (Wildman–Crippen LogP) is 3.86. The summed E-state index contributed by atoms with van der Waals surface area (Å²) in [5.41, 5.74) is 0.441. The van der Waals surface area contributed by atoms with Crippen LogP contribution in [-0.4, -0.2) is 4.98 Å². The lowest BCUT2D eigenvalue weighted by atomic mass is 9.97. The van der Waals surface area contributed by atoms with E-state index in [2.05, 4.69) is 27.0 Å². The zero-order valence-electron chi connectivity index (χ0n) is 8.41. The molecular formula is C11H9BrN2S. The summed E-state index contributed by atoms with van der Waals surface area (Å²) >= 11 is 5.06. The van der Waals surface area contributed by atoms with E-state index in [4.69, 9.17) is 5.26 Å². The molecule has 0 saturated heterocycles. The van der Waals surface area contributed by atoms with Crippen molar-refractivity contribution in [1.29, 1.82) is 5.26 Å². The molecule has 0 saturated carbocycles. The van der Waals surface area contributed by atoms with Crippen molar-refractivity contribution in [3.8, 4) is 6.07 Å². The van der Waals surface area contributed by atoms with Crippen molar-refractivity contribution >= 4 is 37.5 Å². The quantitative estimate of drug-likeness (QED) is 0.795. The number of halogens is 1. The maximum Gasteiger partial charge on any atom is 0.114 e. The van der Waals surface area contributed by atoms with E-state index in [1.165, 1.54) is 0 Å². The molecule has 0 N–H and O–H groups in total. The molecule has 0 amide bonds. The summed E-state index contributed by atoms with van der Waals surface area (Å²) in [7, 11) is 0. The van der Waals surface area contributed by atoms with Crippen LogP contribution in [0, 0.1) is 11.3 Å². The number of benzene rings is 1. The second kappa shape index (κ2) is 3.58. The van der Waals surface area contributed by atoms with Crippen molar-refractivity contribution in [2.75, 3.05) is 0 Å². The van der Waals surface area contributed by atoms with Gasteiger partial charge in [-0.2, -0.15) is 5.26 Å². The SMILES string of the molecule is CC(C)(C#N)c1nc2cccc(Br)c2s1. The predicted molar refractivity (Wildman–Crippen MR) is 66.0 cm³/mol. The van der Waals surface area contributed by atoms with Crippen molar-refractivity contribution in [1.82, 2.24) is 4.98 Å². The highest BCUT2D eigenvalue weighted by molar-refractivity contribution is 9.10. The number of hydrogen-bond acceptors (Lipinski definition) is 3. The molecule has 0 aliphatic carbocycles. The minimum absolute atomic E-state index is 0.511. The summed E-state index contributed by atoms with van der Waals surface area (Å²) in [6, 6.07) is 8.18. The lowest BCUT2D eigenvalue weighted by Crippen LogP contribution is -2.12. The molecule has 0 aliphatic heterocycles. The van der Waals surface area contributed by atoms with Gasteiger partial charge in [-0.15, -0.1) is 11.3 Å². The van der Waals surface area contributed by atoms with Crippen LogP contribution in [0.25, 0.3) is 10.2 Å². The molecule has 0 unspecified atom stereocenters. The van der Waals surface area contributed by atoms with Crippen LogP contribution < -0.4 is 0 Å². The zero-order valence-corrected chi connectivity index (χ0v) is 10.8. The summed E-state index contributed by atoms with van der Waals surface area (Å²) < 4.78 is 2.15. The Morgan fingerprint density at radius 2 is 2.20 bits per heavy atom. The van der Waals surface area contributed by atoms with Gasteiger partial charge in [0.05, 0.1) is 16.3 Å². The Hall–Kier alpha value is -0.920. The third-order valence-electron chi connectivity index (χ3n) is 2.18. The second-order valence-electron chi connectivity index (χ2n) is 3.84. The standard InChI is InChI=1S/C11H9BrN2S/c1-11(2,6-13)10-14-8-5-3-4-7(12)9(8)15-10/h3-5H,1-2H3. The molecule has 1 aromatic carbocycles. The summed E-state index contributed by atoms with van der Waals surface area (Å²) in [4.78, 5) is 4.48. The van der Waals surface area contributed by atoms with Crippen LogP contribution in [0.3, 0.4) is 0 Å². The molecule has 0 fully saturated rings. The summed E-state index contributed by atoms with van der Waals surface area (Å²) in [5.74, 6) is 0. The van der Waals surface area contributed by atoms with Crippen LogP contribution in [-0.2, 0) is 5.41 Å². The van der Waals surface area contributed by atoms with E-state index in [0.717, 1.165) is 19.7 Å². The minimum atomic E-state index is -0.511. The van der Waals surface area contributed by atoms with Gasteiger partial charge in [-0.3, -0.25) is 0 Å². The number of aromatic nitrogens is 1.